The van der Waals surface area contributed by atoms with Gasteiger partial charge in [0.2, 0.25) is 5.91 Å². The molecule has 0 radical (unpaired) electrons. The normalized spacial score (nSPS) is 10.2. The van der Waals surface area contributed by atoms with E-state index in [2.05, 4.69) is 27.8 Å². The largest absolute Gasteiger partial charge is 0.352 e. The predicted molar refractivity (Wildman–Crippen MR) is 101 cm³/mol. The van der Waals surface area contributed by atoms with Gasteiger partial charge < -0.3 is 10.2 Å². The molecule has 2 rings (SSSR count). The van der Waals surface area contributed by atoms with Crippen LogP contribution in [0, 0.1) is 0 Å². The van der Waals surface area contributed by atoms with Crippen LogP contribution in [0.4, 0.5) is 0 Å². The van der Waals surface area contributed by atoms with Crippen molar-refractivity contribution in [2.75, 3.05) is 13.1 Å². The highest BCUT2D eigenvalue weighted by Crippen LogP contribution is 2.13. The maximum absolute atomic E-state index is 12.3. The van der Waals surface area contributed by atoms with E-state index in [-0.39, 0.29) is 18.2 Å². The summed E-state index contributed by atoms with van der Waals surface area (Å²) < 4.78 is 0.919. The van der Waals surface area contributed by atoms with Crippen LogP contribution in [-0.4, -0.2) is 29.8 Å². The van der Waals surface area contributed by atoms with Crippen molar-refractivity contribution in [3.63, 3.8) is 0 Å². The number of halogens is 1. The third kappa shape index (κ3) is 5.62. The summed E-state index contributed by atoms with van der Waals surface area (Å²) in [5, 5.41) is 4.77. The van der Waals surface area contributed by atoms with Crippen LogP contribution in [-0.2, 0) is 11.3 Å². The van der Waals surface area contributed by atoms with Crippen LogP contribution in [0.1, 0.15) is 21.7 Å². The van der Waals surface area contributed by atoms with Crippen LogP contribution in [0.3, 0.4) is 0 Å². The minimum atomic E-state index is -0.177. The Morgan fingerprint density at radius 3 is 2.62 bits per heavy atom. The molecule has 1 N–H and O–H groups in total. The Balaban J connectivity index is 1.82. The van der Waals surface area contributed by atoms with E-state index in [0.717, 1.165) is 9.35 Å². The van der Waals surface area contributed by atoms with Crippen molar-refractivity contribution in [1.29, 1.82) is 0 Å². The molecule has 0 atom stereocenters. The summed E-state index contributed by atoms with van der Waals surface area (Å²) in [6.07, 6.45) is 1.98. The summed E-state index contributed by atoms with van der Waals surface area (Å²) in [6.45, 7) is 5.08. The van der Waals surface area contributed by atoms with E-state index in [9.17, 15) is 9.59 Å². The average molecular weight is 407 g/mol. The molecule has 0 saturated heterocycles. The van der Waals surface area contributed by atoms with Gasteiger partial charge in [-0.2, -0.15) is 0 Å². The lowest BCUT2D eigenvalue weighted by molar-refractivity contribution is -0.131. The Morgan fingerprint density at radius 1 is 1.25 bits per heavy atom. The maximum Gasteiger partial charge on any atom is 0.251 e. The molecule has 0 aliphatic carbocycles. The fourth-order valence-corrected chi connectivity index (χ4v) is 3.13. The van der Waals surface area contributed by atoms with Gasteiger partial charge in [0.1, 0.15) is 0 Å². The molecule has 1 aromatic carbocycles. The zero-order valence-electron chi connectivity index (χ0n) is 13.2. The van der Waals surface area contributed by atoms with Crippen LogP contribution < -0.4 is 5.32 Å². The molecule has 0 aliphatic heterocycles. The fraction of sp³-hybridized carbons (Fsp3) is 0.222. The molecule has 0 spiro atoms. The van der Waals surface area contributed by atoms with Crippen LogP contribution in [0.15, 0.2) is 58.9 Å². The maximum atomic E-state index is 12.3. The summed E-state index contributed by atoms with van der Waals surface area (Å²) >= 11 is 4.95. The van der Waals surface area contributed by atoms with E-state index in [1.54, 1.807) is 34.4 Å². The van der Waals surface area contributed by atoms with Gasteiger partial charge in [-0.1, -0.05) is 28.1 Å². The van der Waals surface area contributed by atoms with Crippen LogP contribution in [0.5, 0.6) is 0 Å². The lowest BCUT2D eigenvalue weighted by Gasteiger charge is -2.20. The highest BCUT2D eigenvalue weighted by molar-refractivity contribution is 9.10. The third-order valence-corrected chi connectivity index (χ3v) is 4.75. The van der Waals surface area contributed by atoms with Gasteiger partial charge in [-0.15, -0.1) is 17.9 Å². The van der Waals surface area contributed by atoms with Crippen molar-refractivity contribution in [2.45, 2.75) is 13.0 Å². The second kappa shape index (κ2) is 9.39. The average Bonchev–Trinajstić information content (AvgIpc) is 3.08. The number of amides is 2. The Hall–Kier alpha value is -1.92. The van der Waals surface area contributed by atoms with Crippen molar-refractivity contribution in [3.05, 3.63) is 69.3 Å². The lowest BCUT2D eigenvalue weighted by atomic mass is 10.2. The second-order valence-corrected chi connectivity index (χ2v) is 7.10. The van der Waals surface area contributed by atoms with Crippen molar-refractivity contribution < 1.29 is 9.59 Å². The predicted octanol–water partition coefficient (Wildman–Crippen LogP) is 3.85. The Morgan fingerprint density at radius 2 is 2.00 bits per heavy atom. The first-order valence-corrected chi connectivity index (χ1v) is 9.22. The SMILES string of the molecule is C=CCN(Cc1cccs1)C(=O)CCNC(=O)c1ccc(Br)cc1. The Labute approximate surface area is 154 Å². The number of nitrogens with zero attached hydrogens (tertiary/aromatic N) is 1. The van der Waals surface area contributed by atoms with Gasteiger partial charge in [0.05, 0.1) is 6.54 Å². The number of carbonyl (C=O) groups is 2. The summed E-state index contributed by atoms with van der Waals surface area (Å²) in [5.41, 5.74) is 0.576. The van der Waals surface area contributed by atoms with E-state index < -0.39 is 0 Å². The molecule has 4 nitrogen and oxygen atoms in total. The number of benzene rings is 1. The van der Waals surface area contributed by atoms with Gasteiger partial charge >= 0.3 is 0 Å². The molecule has 0 aliphatic rings. The Kier molecular flexibility index (Phi) is 7.21. The van der Waals surface area contributed by atoms with E-state index >= 15 is 0 Å². The van der Waals surface area contributed by atoms with Crippen molar-refractivity contribution >= 4 is 39.1 Å². The topological polar surface area (TPSA) is 49.4 Å². The molecule has 1 heterocycles. The first kappa shape index (κ1) is 18.4. The summed E-state index contributed by atoms with van der Waals surface area (Å²) in [5.74, 6) is -0.178. The number of hydrogen-bond donors (Lipinski definition) is 1. The first-order valence-electron chi connectivity index (χ1n) is 7.55. The summed E-state index contributed by atoms with van der Waals surface area (Å²) in [4.78, 5) is 27.2. The van der Waals surface area contributed by atoms with Crippen LogP contribution in [0.25, 0.3) is 0 Å². The molecule has 2 amide bonds. The lowest BCUT2D eigenvalue weighted by Crippen LogP contribution is -2.34. The fourth-order valence-electron chi connectivity index (χ4n) is 2.15. The molecular formula is C18H19BrN2O2S. The van der Waals surface area contributed by atoms with Gasteiger partial charge in [-0.25, -0.2) is 0 Å². The molecule has 2 aromatic rings. The third-order valence-electron chi connectivity index (χ3n) is 3.36. The monoisotopic (exact) mass is 406 g/mol. The number of hydrogen-bond acceptors (Lipinski definition) is 3. The molecule has 6 heteroatoms. The zero-order chi connectivity index (χ0) is 17.4. The number of carbonyl (C=O) groups excluding carboxylic acids is 2. The van der Waals surface area contributed by atoms with Gasteiger partial charge in [-0.05, 0) is 35.7 Å². The van der Waals surface area contributed by atoms with Crippen molar-refractivity contribution in [2.24, 2.45) is 0 Å². The van der Waals surface area contributed by atoms with E-state index in [1.165, 1.54) is 0 Å². The highest BCUT2D eigenvalue weighted by atomic mass is 79.9. The van der Waals surface area contributed by atoms with Gasteiger partial charge in [0, 0.05) is 34.4 Å². The summed E-state index contributed by atoms with van der Waals surface area (Å²) in [7, 11) is 0. The second-order valence-electron chi connectivity index (χ2n) is 5.16. The smallest absolute Gasteiger partial charge is 0.251 e. The Bertz CT molecular complexity index is 684. The van der Waals surface area contributed by atoms with Gasteiger partial charge in [-0.3, -0.25) is 9.59 Å². The first-order chi connectivity index (χ1) is 11.6. The molecule has 0 bridgehead atoms. The number of thiophene rings is 1. The van der Waals surface area contributed by atoms with Crippen molar-refractivity contribution in [3.8, 4) is 0 Å². The molecule has 126 valence electrons. The molecule has 0 saturated carbocycles. The quantitative estimate of drug-likeness (QED) is 0.676. The van der Waals surface area contributed by atoms with E-state index in [1.807, 2.05) is 29.6 Å². The number of nitrogens with one attached hydrogen (secondary N) is 1. The van der Waals surface area contributed by atoms with Gasteiger partial charge in [0.25, 0.3) is 5.91 Å². The van der Waals surface area contributed by atoms with Crippen LogP contribution >= 0.6 is 27.3 Å². The van der Waals surface area contributed by atoms with Gasteiger partial charge in [0.15, 0.2) is 0 Å². The minimum absolute atomic E-state index is 0.000550. The molecule has 0 fully saturated rings. The number of rotatable bonds is 8. The molecule has 1 aromatic heterocycles. The van der Waals surface area contributed by atoms with E-state index in [0.29, 0.717) is 25.2 Å². The van der Waals surface area contributed by atoms with Crippen LogP contribution in [0.2, 0.25) is 0 Å². The summed E-state index contributed by atoms with van der Waals surface area (Å²) in [6, 6.07) is 11.1. The molecular weight excluding hydrogens is 388 g/mol. The van der Waals surface area contributed by atoms with E-state index in [4.69, 9.17) is 0 Å². The zero-order valence-corrected chi connectivity index (χ0v) is 15.6. The molecule has 24 heavy (non-hydrogen) atoms. The highest BCUT2D eigenvalue weighted by Gasteiger charge is 2.14. The minimum Gasteiger partial charge on any atom is -0.352 e. The van der Waals surface area contributed by atoms with Crippen molar-refractivity contribution in [1.82, 2.24) is 10.2 Å². The molecule has 0 unspecified atom stereocenters. The standard InChI is InChI=1S/C18H19BrN2O2S/c1-2-11-21(13-16-4-3-12-24-16)17(22)9-10-20-18(23)14-5-7-15(19)8-6-14/h2-8,12H,1,9-11,13H2,(H,20,23).